The maximum atomic E-state index is 14.9. The Morgan fingerprint density at radius 3 is 2.41 bits per heavy atom. The quantitative estimate of drug-likeness (QED) is 0.150. The molecule has 0 radical (unpaired) electrons. The molecule has 1 N–H and O–H groups in total. The monoisotopic (exact) mass is 651 g/mol. The summed E-state index contributed by atoms with van der Waals surface area (Å²) >= 11 is 0. The Morgan fingerprint density at radius 1 is 1.07 bits per heavy atom. The SMILES string of the molecule is CC(=O)c1cc(-c2cccnc2[C@@H](CC(=O)Cn2nc(C(F)(F)F)c3c2C(F)(F)CCC3O)Cc2cc(F)cc(F)c2)ccc1F. The molecule has 1 aliphatic rings. The van der Waals surface area contributed by atoms with Gasteiger partial charge in [-0.1, -0.05) is 12.1 Å². The highest BCUT2D eigenvalue weighted by atomic mass is 19.4. The highest BCUT2D eigenvalue weighted by molar-refractivity contribution is 5.95. The van der Waals surface area contributed by atoms with Gasteiger partial charge in [0.05, 0.1) is 17.4 Å². The Balaban J connectivity index is 1.57. The predicted octanol–water partition coefficient (Wildman–Crippen LogP) is 7.49. The normalized spacial score (nSPS) is 16.6. The summed E-state index contributed by atoms with van der Waals surface area (Å²) in [6.45, 7) is 0.120. The zero-order chi connectivity index (χ0) is 33.6. The molecule has 0 amide bonds. The molecule has 1 unspecified atom stereocenters. The number of halogens is 8. The Labute approximate surface area is 256 Å². The number of aliphatic hydroxyl groups excluding tert-OH is 1. The first-order valence-electron chi connectivity index (χ1n) is 14.0. The maximum Gasteiger partial charge on any atom is 0.435 e. The molecule has 1 aliphatic carbocycles. The third kappa shape index (κ3) is 6.71. The van der Waals surface area contributed by atoms with E-state index in [9.17, 15) is 49.8 Å². The number of carbonyl (C=O) groups excluding carboxylic acids is 2. The van der Waals surface area contributed by atoms with E-state index in [1.807, 2.05) is 0 Å². The van der Waals surface area contributed by atoms with Gasteiger partial charge in [-0.2, -0.15) is 27.1 Å². The van der Waals surface area contributed by atoms with Crippen molar-refractivity contribution >= 4 is 11.6 Å². The number of nitrogens with zero attached hydrogens (tertiary/aromatic N) is 3. The molecule has 0 bridgehead atoms. The molecule has 0 fully saturated rings. The van der Waals surface area contributed by atoms with Gasteiger partial charge in [0.15, 0.2) is 17.3 Å². The molecule has 0 saturated heterocycles. The summed E-state index contributed by atoms with van der Waals surface area (Å²) < 4.78 is 114. The number of pyridine rings is 1. The van der Waals surface area contributed by atoms with Gasteiger partial charge in [-0.15, -0.1) is 0 Å². The van der Waals surface area contributed by atoms with E-state index >= 15 is 0 Å². The standard InChI is InChI=1S/C32H25F8N3O3/c1-16(44)24-13-18(4-5-25(24)35)23-3-2-8-41-28(23)19(9-17-10-20(33)14-21(34)11-17)12-22(45)15-43-30-27(29(42-43)32(38,39)40)26(46)6-7-31(30,36)37/h2-5,8,10-11,13-14,19,26,46H,6-7,9,12,15H2,1H3/t19-,26?/m1/s1. The average molecular weight is 652 g/mol. The zero-order valence-corrected chi connectivity index (χ0v) is 24.0. The fraction of sp³-hybridized carbons (Fsp3) is 0.312. The van der Waals surface area contributed by atoms with Crippen LogP contribution in [0.5, 0.6) is 0 Å². The number of benzene rings is 2. The van der Waals surface area contributed by atoms with Crippen LogP contribution >= 0.6 is 0 Å². The van der Waals surface area contributed by atoms with Gasteiger partial charge in [-0.05, 0) is 61.2 Å². The second kappa shape index (κ2) is 12.4. The van der Waals surface area contributed by atoms with Crippen LogP contribution in [0, 0.1) is 17.5 Å². The Kier molecular flexibility index (Phi) is 8.86. The van der Waals surface area contributed by atoms with Crippen LogP contribution in [0.1, 0.15) is 76.8 Å². The summed E-state index contributed by atoms with van der Waals surface area (Å²) in [6.07, 6.45) is -8.14. The van der Waals surface area contributed by atoms with Crippen LogP contribution in [0.2, 0.25) is 0 Å². The first-order chi connectivity index (χ1) is 21.5. The highest BCUT2D eigenvalue weighted by Crippen LogP contribution is 2.48. The minimum Gasteiger partial charge on any atom is -0.388 e. The molecule has 0 saturated carbocycles. The molecule has 5 rings (SSSR count). The molecule has 2 heterocycles. The lowest BCUT2D eigenvalue weighted by atomic mass is 9.86. The molecule has 0 spiro atoms. The second-order valence-corrected chi connectivity index (χ2v) is 11.1. The van der Waals surface area contributed by atoms with E-state index in [4.69, 9.17) is 0 Å². The van der Waals surface area contributed by atoms with Crippen LogP contribution in [0.3, 0.4) is 0 Å². The molecule has 4 aromatic rings. The number of hydrogen-bond acceptors (Lipinski definition) is 5. The maximum absolute atomic E-state index is 14.9. The Bertz CT molecular complexity index is 1800. The van der Waals surface area contributed by atoms with Gasteiger partial charge >= 0.3 is 6.18 Å². The van der Waals surface area contributed by atoms with Crippen LogP contribution in [-0.2, 0) is 29.9 Å². The fourth-order valence-corrected chi connectivity index (χ4v) is 5.82. The summed E-state index contributed by atoms with van der Waals surface area (Å²) in [5, 5.41) is 13.5. The topological polar surface area (TPSA) is 85.1 Å². The first-order valence-corrected chi connectivity index (χ1v) is 14.0. The average Bonchev–Trinajstić information content (AvgIpc) is 3.36. The fourth-order valence-electron chi connectivity index (χ4n) is 5.82. The lowest BCUT2D eigenvalue weighted by Crippen LogP contribution is -2.29. The molecule has 2 aromatic carbocycles. The molecule has 242 valence electrons. The number of Topliss-reactive ketones (excluding diaryl/α,β-unsaturated/α-hetero) is 2. The third-order valence-corrected chi connectivity index (χ3v) is 7.76. The molecule has 46 heavy (non-hydrogen) atoms. The van der Waals surface area contributed by atoms with Gasteiger partial charge in [0, 0.05) is 42.1 Å². The minimum absolute atomic E-state index is 0.0842. The second-order valence-electron chi connectivity index (χ2n) is 11.1. The van der Waals surface area contributed by atoms with E-state index in [0.29, 0.717) is 17.2 Å². The zero-order valence-electron chi connectivity index (χ0n) is 24.0. The Hall–Kier alpha value is -4.46. The van der Waals surface area contributed by atoms with Gasteiger partial charge in [-0.25, -0.2) is 13.2 Å². The first kappa shape index (κ1) is 32.9. The van der Waals surface area contributed by atoms with Crippen molar-refractivity contribution in [2.45, 2.75) is 63.3 Å². The number of alkyl halides is 5. The molecule has 2 aromatic heterocycles. The summed E-state index contributed by atoms with van der Waals surface area (Å²) in [6, 6.07) is 9.38. The van der Waals surface area contributed by atoms with E-state index in [0.717, 1.165) is 25.1 Å². The van der Waals surface area contributed by atoms with Crippen LogP contribution in [0.25, 0.3) is 11.1 Å². The molecule has 6 nitrogen and oxygen atoms in total. The summed E-state index contributed by atoms with van der Waals surface area (Å²) in [7, 11) is 0. The largest absolute Gasteiger partial charge is 0.435 e. The van der Waals surface area contributed by atoms with Crippen molar-refractivity contribution in [1.29, 1.82) is 0 Å². The molecular weight excluding hydrogens is 626 g/mol. The summed E-state index contributed by atoms with van der Waals surface area (Å²) in [5.41, 5.74) is -3.41. The number of hydrogen-bond donors (Lipinski definition) is 1. The number of fused-ring (bicyclic) bond motifs is 1. The Morgan fingerprint density at radius 2 is 1.76 bits per heavy atom. The van der Waals surface area contributed by atoms with Crippen LogP contribution in [0.15, 0.2) is 54.7 Å². The van der Waals surface area contributed by atoms with Crippen LogP contribution in [-0.4, -0.2) is 31.4 Å². The minimum atomic E-state index is -5.20. The van der Waals surface area contributed by atoms with Crippen LogP contribution < -0.4 is 0 Å². The number of aliphatic hydroxyl groups is 1. The molecular formula is C32H25F8N3O3. The van der Waals surface area contributed by atoms with Crippen molar-refractivity contribution in [3.63, 3.8) is 0 Å². The van der Waals surface area contributed by atoms with Crippen LogP contribution in [0.4, 0.5) is 35.1 Å². The van der Waals surface area contributed by atoms with Crippen molar-refractivity contribution in [3.8, 4) is 11.1 Å². The molecule has 2 atom stereocenters. The lowest BCUT2D eigenvalue weighted by molar-refractivity contribution is -0.143. The van der Waals surface area contributed by atoms with E-state index in [1.165, 1.54) is 24.4 Å². The number of aromatic nitrogens is 3. The highest BCUT2D eigenvalue weighted by Gasteiger charge is 2.50. The van der Waals surface area contributed by atoms with Crippen molar-refractivity contribution in [2.24, 2.45) is 0 Å². The molecule has 14 heteroatoms. The van der Waals surface area contributed by atoms with Crippen molar-refractivity contribution in [3.05, 3.63) is 106 Å². The smallest absolute Gasteiger partial charge is 0.388 e. The molecule has 0 aliphatic heterocycles. The van der Waals surface area contributed by atoms with Gasteiger partial charge in [0.2, 0.25) is 0 Å². The van der Waals surface area contributed by atoms with Crippen molar-refractivity contribution in [2.75, 3.05) is 0 Å². The van der Waals surface area contributed by atoms with Gasteiger partial charge in [-0.3, -0.25) is 19.3 Å². The van der Waals surface area contributed by atoms with Crippen molar-refractivity contribution < 1.29 is 49.8 Å². The summed E-state index contributed by atoms with van der Waals surface area (Å²) in [5.74, 6) is -8.94. The van der Waals surface area contributed by atoms with E-state index in [1.54, 1.807) is 6.07 Å². The number of carbonyl (C=O) groups is 2. The van der Waals surface area contributed by atoms with Crippen molar-refractivity contribution in [1.82, 2.24) is 14.8 Å². The van der Waals surface area contributed by atoms with E-state index in [2.05, 4.69) is 10.1 Å². The number of ketones is 2. The lowest BCUT2D eigenvalue weighted by Gasteiger charge is -2.27. The van der Waals surface area contributed by atoms with Gasteiger partial charge < -0.3 is 5.11 Å². The van der Waals surface area contributed by atoms with E-state index in [-0.39, 0.29) is 27.9 Å². The van der Waals surface area contributed by atoms with Gasteiger partial charge in [0.25, 0.3) is 5.92 Å². The van der Waals surface area contributed by atoms with Gasteiger partial charge in [0.1, 0.15) is 29.7 Å². The number of rotatable bonds is 9. The third-order valence-electron chi connectivity index (χ3n) is 7.76. The predicted molar refractivity (Wildman–Crippen MR) is 147 cm³/mol. The summed E-state index contributed by atoms with van der Waals surface area (Å²) in [4.78, 5) is 29.8. The van der Waals surface area contributed by atoms with E-state index < -0.39 is 95.9 Å².